The third-order valence-electron chi connectivity index (χ3n) is 5.67. The lowest BCUT2D eigenvalue weighted by molar-refractivity contribution is -0.121. The summed E-state index contributed by atoms with van der Waals surface area (Å²) >= 11 is 1.54. The van der Waals surface area contributed by atoms with Crippen LogP contribution in [0.1, 0.15) is 51.5 Å². The van der Waals surface area contributed by atoms with Gasteiger partial charge in [0.2, 0.25) is 0 Å². The molecule has 0 bridgehead atoms. The third-order valence-corrected chi connectivity index (χ3v) is 7.27. The average Bonchev–Trinajstić information content (AvgIpc) is 3.09. The van der Waals surface area contributed by atoms with Gasteiger partial charge in [-0.15, -0.1) is 11.8 Å². The lowest BCUT2D eigenvalue weighted by Gasteiger charge is -2.34. The van der Waals surface area contributed by atoms with Crippen LogP contribution in [0.25, 0.3) is 0 Å². The molecule has 1 aromatic rings. The van der Waals surface area contributed by atoms with E-state index in [1.54, 1.807) is 23.8 Å². The minimum Gasteiger partial charge on any atom is -0.497 e. The zero-order chi connectivity index (χ0) is 19.2. The van der Waals surface area contributed by atoms with Crippen LogP contribution in [0.2, 0.25) is 0 Å². The Labute approximate surface area is 164 Å². The molecule has 0 aromatic heterocycles. The number of nitrogens with one attached hydrogen (secondary N) is 2. The second-order valence-corrected chi connectivity index (χ2v) is 10.1. The fourth-order valence-corrected chi connectivity index (χ4v) is 6.11. The van der Waals surface area contributed by atoms with Crippen molar-refractivity contribution in [2.24, 2.45) is 0 Å². The first-order chi connectivity index (χ1) is 12.9. The molecular formula is C20H27N3O3S. The number of urea groups is 1. The van der Waals surface area contributed by atoms with E-state index in [1.807, 2.05) is 18.2 Å². The molecule has 1 spiro atoms. The van der Waals surface area contributed by atoms with Crippen molar-refractivity contribution in [2.75, 3.05) is 19.0 Å². The number of ether oxygens (including phenoxy) is 1. The van der Waals surface area contributed by atoms with Gasteiger partial charge in [-0.05, 0) is 44.9 Å². The largest absolute Gasteiger partial charge is 0.497 e. The van der Waals surface area contributed by atoms with Crippen molar-refractivity contribution in [3.8, 4) is 5.75 Å². The Kier molecular flexibility index (Phi) is 4.53. The topological polar surface area (TPSA) is 70.7 Å². The molecule has 1 aromatic carbocycles. The van der Waals surface area contributed by atoms with E-state index in [0.717, 1.165) is 36.9 Å². The smallest absolute Gasteiger partial charge is 0.319 e. The molecule has 2 N–H and O–H groups in total. The number of hydrogen-bond donors (Lipinski definition) is 2. The monoisotopic (exact) mass is 389 g/mol. The van der Waals surface area contributed by atoms with Gasteiger partial charge in [0.25, 0.3) is 5.91 Å². The van der Waals surface area contributed by atoms with Gasteiger partial charge in [0, 0.05) is 28.6 Å². The Morgan fingerprint density at radius 2 is 2.04 bits per heavy atom. The van der Waals surface area contributed by atoms with Gasteiger partial charge >= 0.3 is 6.03 Å². The summed E-state index contributed by atoms with van der Waals surface area (Å²) in [5, 5.41) is 6.16. The van der Waals surface area contributed by atoms with E-state index in [4.69, 9.17) is 4.74 Å². The summed E-state index contributed by atoms with van der Waals surface area (Å²) in [6, 6.07) is 5.61. The predicted molar refractivity (Wildman–Crippen MR) is 107 cm³/mol. The number of hydrogen-bond acceptors (Lipinski definition) is 4. The van der Waals surface area contributed by atoms with Crippen molar-refractivity contribution < 1.29 is 14.3 Å². The second-order valence-electron chi connectivity index (χ2n) is 8.24. The Morgan fingerprint density at radius 3 is 2.74 bits per heavy atom. The number of carbonyl (C=O) groups is 2. The third kappa shape index (κ3) is 3.06. The van der Waals surface area contributed by atoms with Crippen LogP contribution in [0.15, 0.2) is 18.2 Å². The normalized spacial score (nSPS) is 26.8. The zero-order valence-corrected chi connectivity index (χ0v) is 16.9. The van der Waals surface area contributed by atoms with E-state index < -0.39 is 4.87 Å². The Hall–Kier alpha value is -1.89. The van der Waals surface area contributed by atoms with Crippen molar-refractivity contribution in [3.05, 3.63) is 23.8 Å². The highest BCUT2D eigenvalue weighted by Gasteiger charge is 2.61. The molecule has 2 heterocycles. The van der Waals surface area contributed by atoms with Crippen LogP contribution in [0.3, 0.4) is 0 Å². The maximum Gasteiger partial charge on any atom is 0.319 e. The van der Waals surface area contributed by atoms with Crippen LogP contribution >= 0.6 is 11.8 Å². The summed E-state index contributed by atoms with van der Waals surface area (Å²) < 4.78 is 5.15. The second kappa shape index (κ2) is 6.62. The molecule has 3 aliphatic rings. The molecule has 1 aliphatic carbocycles. The number of benzene rings is 1. The summed E-state index contributed by atoms with van der Waals surface area (Å²) in [5.74, 6) is 0.530. The van der Waals surface area contributed by atoms with Gasteiger partial charge in [-0.3, -0.25) is 9.69 Å². The number of amides is 3. The molecule has 6 nitrogen and oxygen atoms in total. The first-order valence-electron chi connectivity index (χ1n) is 9.64. The fraction of sp³-hybridized carbons (Fsp3) is 0.600. The lowest BCUT2D eigenvalue weighted by Crippen LogP contribution is -2.54. The molecule has 2 aliphatic heterocycles. The molecule has 3 amide bonds. The van der Waals surface area contributed by atoms with Crippen LogP contribution in [0, 0.1) is 0 Å². The van der Waals surface area contributed by atoms with Gasteiger partial charge in [0.05, 0.1) is 7.11 Å². The molecule has 146 valence electrons. The van der Waals surface area contributed by atoms with E-state index >= 15 is 0 Å². The summed E-state index contributed by atoms with van der Waals surface area (Å²) in [7, 11) is 1.61. The van der Waals surface area contributed by atoms with Crippen LogP contribution in [0.4, 0.5) is 10.5 Å². The van der Waals surface area contributed by atoms with Gasteiger partial charge in [-0.2, -0.15) is 0 Å². The quantitative estimate of drug-likeness (QED) is 0.810. The van der Waals surface area contributed by atoms with Gasteiger partial charge < -0.3 is 15.4 Å². The standard InChI is InChI=1S/C20H27N3O3S/c1-19(2)12-23(18(25)21-13-7-5-4-6-8-13)20(27-19)15-11-14(26-3)9-10-16(15)22-17(20)24/h9-11,13H,4-8,12H2,1-3H3,(H,21,25)(H,22,24). The molecule has 0 radical (unpaired) electrons. The number of fused-ring (bicyclic) bond motifs is 2. The van der Waals surface area contributed by atoms with Crippen molar-refractivity contribution in [1.29, 1.82) is 0 Å². The van der Waals surface area contributed by atoms with Crippen LogP contribution in [-0.4, -0.2) is 41.3 Å². The number of thioether (sulfide) groups is 1. The molecule has 1 saturated heterocycles. The number of nitrogens with zero attached hydrogens (tertiary/aromatic N) is 1. The lowest BCUT2D eigenvalue weighted by atomic mass is 9.95. The molecule has 7 heteroatoms. The summed E-state index contributed by atoms with van der Waals surface area (Å²) in [5.41, 5.74) is 1.56. The van der Waals surface area contributed by atoms with E-state index in [1.165, 1.54) is 6.42 Å². The molecule has 2 fully saturated rings. The van der Waals surface area contributed by atoms with E-state index in [0.29, 0.717) is 12.3 Å². The maximum atomic E-state index is 13.3. The van der Waals surface area contributed by atoms with E-state index in [9.17, 15) is 9.59 Å². The van der Waals surface area contributed by atoms with Crippen molar-refractivity contribution in [3.63, 3.8) is 0 Å². The van der Waals surface area contributed by atoms with Gasteiger partial charge in [-0.1, -0.05) is 19.3 Å². The predicted octanol–water partition coefficient (Wildman–Crippen LogP) is 3.67. The maximum absolute atomic E-state index is 13.3. The Bertz CT molecular complexity index is 776. The highest BCUT2D eigenvalue weighted by Crippen LogP contribution is 2.58. The number of methoxy groups -OCH3 is 1. The number of carbonyl (C=O) groups excluding carboxylic acids is 2. The molecule has 1 unspecified atom stereocenters. The van der Waals surface area contributed by atoms with Gasteiger partial charge in [-0.25, -0.2) is 4.79 Å². The van der Waals surface area contributed by atoms with Gasteiger partial charge in [0.15, 0.2) is 4.87 Å². The highest BCUT2D eigenvalue weighted by molar-refractivity contribution is 8.02. The Balaban J connectivity index is 1.71. The van der Waals surface area contributed by atoms with E-state index in [-0.39, 0.29) is 22.7 Å². The highest BCUT2D eigenvalue weighted by atomic mass is 32.2. The minimum atomic E-state index is -1.05. The molecule has 1 saturated carbocycles. The average molecular weight is 390 g/mol. The number of anilines is 1. The van der Waals surface area contributed by atoms with Crippen LogP contribution < -0.4 is 15.4 Å². The molecule has 1 atom stereocenters. The SMILES string of the molecule is COc1ccc2c(c1)C1(SC(C)(C)CN1C(=O)NC1CCCCC1)C(=O)N2. The first-order valence-corrected chi connectivity index (χ1v) is 10.5. The Morgan fingerprint density at radius 1 is 1.30 bits per heavy atom. The van der Waals surface area contributed by atoms with Crippen LogP contribution in [-0.2, 0) is 9.67 Å². The molecule has 27 heavy (non-hydrogen) atoms. The fourth-order valence-electron chi connectivity index (χ4n) is 4.43. The first kappa shape index (κ1) is 18.5. The van der Waals surface area contributed by atoms with Crippen molar-refractivity contribution in [2.45, 2.75) is 61.6 Å². The molecule has 4 rings (SSSR count). The summed E-state index contributed by atoms with van der Waals surface area (Å²) in [6.45, 7) is 4.68. The summed E-state index contributed by atoms with van der Waals surface area (Å²) in [6.07, 6.45) is 5.56. The number of rotatable bonds is 2. The van der Waals surface area contributed by atoms with E-state index in [2.05, 4.69) is 24.5 Å². The van der Waals surface area contributed by atoms with Crippen molar-refractivity contribution >= 4 is 29.4 Å². The van der Waals surface area contributed by atoms with Crippen molar-refractivity contribution in [1.82, 2.24) is 10.2 Å². The van der Waals surface area contributed by atoms with Crippen LogP contribution in [0.5, 0.6) is 5.75 Å². The molecular weight excluding hydrogens is 362 g/mol. The zero-order valence-electron chi connectivity index (χ0n) is 16.1. The minimum absolute atomic E-state index is 0.147. The van der Waals surface area contributed by atoms with Gasteiger partial charge in [0.1, 0.15) is 5.75 Å². The summed E-state index contributed by atoms with van der Waals surface area (Å²) in [4.78, 5) is 27.1.